The minimum atomic E-state index is -4.56. The summed E-state index contributed by atoms with van der Waals surface area (Å²) in [6.45, 7) is 0.714. The second-order valence-corrected chi connectivity index (χ2v) is 6.28. The van der Waals surface area contributed by atoms with Crippen LogP contribution in [0.2, 0.25) is 0 Å². The first kappa shape index (κ1) is 19.1. The van der Waals surface area contributed by atoms with Crippen LogP contribution < -0.4 is 4.74 Å². The van der Waals surface area contributed by atoms with Gasteiger partial charge in [-0.3, -0.25) is 9.78 Å². The van der Waals surface area contributed by atoms with Crippen LogP contribution in [0.4, 0.5) is 17.6 Å². The average Bonchev–Trinajstić information content (AvgIpc) is 2.66. The largest absolute Gasteiger partial charge is 0.477 e. The molecule has 5 nitrogen and oxygen atoms in total. The zero-order chi connectivity index (χ0) is 19.4. The molecule has 3 heterocycles. The number of aromatic nitrogens is 2. The van der Waals surface area contributed by atoms with E-state index in [-0.39, 0.29) is 24.6 Å². The van der Waals surface area contributed by atoms with Gasteiger partial charge in [0.25, 0.3) is 5.91 Å². The van der Waals surface area contributed by atoms with Gasteiger partial charge >= 0.3 is 6.18 Å². The first-order valence-corrected chi connectivity index (χ1v) is 8.40. The lowest BCUT2D eigenvalue weighted by atomic mass is 9.98. The smallest absolute Gasteiger partial charge is 0.421 e. The van der Waals surface area contributed by atoms with Crippen molar-refractivity contribution in [2.45, 2.75) is 19.0 Å². The van der Waals surface area contributed by atoms with E-state index in [0.29, 0.717) is 19.4 Å². The normalized spacial score (nSPS) is 17.6. The molecule has 144 valence electrons. The van der Waals surface area contributed by atoms with E-state index in [2.05, 4.69) is 9.97 Å². The third kappa shape index (κ3) is 4.53. The Kier molecular flexibility index (Phi) is 5.57. The van der Waals surface area contributed by atoms with Gasteiger partial charge in [-0.25, -0.2) is 9.37 Å². The minimum Gasteiger partial charge on any atom is -0.477 e. The van der Waals surface area contributed by atoms with Crippen molar-refractivity contribution >= 4 is 5.91 Å². The van der Waals surface area contributed by atoms with Crippen molar-refractivity contribution in [3.05, 3.63) is 53.7 Å². The van der Waals surface area contributed by atoms with Crippen LogP contribution in [0, 0.1) is 11.7 Å². The molecule has 0 spiro atoms. The van der Waals surface area contributed by atoms with Crippen LogP contribution in [0.5, 0.6) is 5.88 Å². The van der Waals surface area contributed by atoms with Crippen LogP contribution in [-0.2, 0) is 6.18 Å². The fourth-order valence-corrected chi connectivity index (χ4v) is 3.02. The third-order valence-electron chi connectivity index (χ3n) is 4.34. The Morgan fingerprint density at radius 2 is 2.11 bits per heavy atom. The fraction of sp³-hybridized carbons (Fsp3) is 0.389. The highest BCUT2D eigenvalue weighted by atomic mass is 19.4. The lowest BCUT2D eigenvalue weighted by Gasteiger charge is -2.32. The van der Waals surface area contributed by atoms with Crippen molar-refractivity contribution in [2.75, 3.05) is 19.7 Å². The van der Waals surface area contributed by atoms with Gasteiger partial charge in [0.05, 0.1) is 18.4 Å². The van der Waals surface area contributed by atoms with Crippen LogP contribution in [0.25, 0.3) is 0 Å². The van der Waals surface area contributed by atoms with E-state index in [0.717, 1.165) is 12.3 Å². The molecule has 1 aliphatic heterocycles. The summed E-state index contributed by atoms with van der Waals surface area (Å²) in [5, 5.41) is 0. The number of ether oxygens (including phenoxy) is 1. The number of nitrogens with zero attached hydrogens (tertiary/aromatic N) is 3. The molecule has 0 bridgehead atoms. The van der Waals surface area contributed by atoms with Crippen LogP contribution in [0.3, 0.4) is 0 Å². The van der Waals surface area contributed by atoms with E-state index in [9.17, 15) is 22.4 Å². The predicted molar refractivity (Wildman–Crippen MR) is 87.6 cm³/mol. The average molecular weight is 383 g/mol. The highest BCUT2D eigenvalue weighted by Gasteiger charge is 2.35. The fourth-order valence-electron chi connectivity index (χ4n) is 3.02. The molecule has 0 N–H and O–H groups in total. The summed E-state index contributed by atoms with van der Waals surface area (Å²) in [5.74, 6) is -1.82. The van der Waals surface area contributed by atoms with E-state index >= 15 is 0 Å². The summed E-state index contributed by atoms with van der Waals surface area (Å²) in [5.41, 5.74) is -1.01. The van der Waals surface area contributed by atoms with Gasteiger partial charge in [-0.05, 0) is 31.0 Å². The topological polar surface area (TPSA) is 55.3 Å². The van der Waals surface area contributed by atoms with E-state index in [1.807, 2.05) is 0 Å². The number of carbonyl (C=O) groups is 1. The van der Waals surface area contributed by atoms with Gasteiger partial charge in [-0.2, -0.15) is 13.2 Å². The van der Waals surface area contributed by atoms with E-state index in [1.165, 1.54) is 29.4 Å². The highest BCUT2D eigenvalue weighted by Crippen LogP contribution is 2.35. The van der Waals surface area contributed by atoms with E-state index in [4.69, 9.17) is 4.74 Å². The number of carbonyl (C=O) groups excluding carboxylic acids is 1. The number of amides is 1. The zero-order valence-electron chi connectivity index (χ0n) is 14.2. The summed E-state index contributed by atoms with van der Waals surface area (Å²) < 4.78 is 58.1. The van der Waals surface area contributed by atoms with Crippen LogP contribution >= 0.6 is 0 Å². The Balaban J connectivity index is 1.65. The summed E-state index contributed by atoms with van der Waals surface area (Å²) in [6.07, 6.45) is 0.320. The molecule has 27 heavy (non-hydrogen) atoms. The molecule has 0 aliphatic carbocycles. The maximum absolute atomic E-state index is 13.8. The Bertz CT molecular complexity index is 813. The maximum Gasteiger partial charge on any atom is 0.421 e. The molecular weight excluding hydrogens is 366 g/mol. The number of hydrogen-bond acceptors (Lipinski definition) is 4. The standard InChI is InChI=1S/C18H17F4N3O2/c19-15-9-23-7-5-13(15)17(26)25-8-2-3-12(10-25)11-27-16-14(18(20,21)22)4-1-6-24-16/h1,4-7,9,12H,2-3,8,10-11H2. The molecular formula is C18H17F4N3O2. The number of hydrogen-bond donors (Lipinski definition) is 0. The van der Waals surface area contributed by atoms with Crippen LogP contribution in [0.1, 0.15) is 28.8 Å². The summed E-state index contributed by atoms with van der Waals surface area (Å²) in [6, 6.07) is 3.41. The molecule has 9 heteroatoms. The Labute approximate surface area is 153 Å². The van der Waals surface area contributed by atoms with Gasteiger partial charge in [-0.15, -0.1) is 0 Å². The first-order chi connectivity index (χ1) is 12.9. The van der Waals surface area contributed by atoms with Crippen molar-refractivity contribution in [3.63, 3.8) is 0 Å². The second kappa shape index (κ2) is 7.89. The van der Waals surface area contributed by atoms with Crippen molar-refractivity contribution in [2.24, 2.45) is 5.92 Å². The number of likely N-dealkylation sites (tertiary alicyclic amines) is 1. The summed E-state index contributed by atoms with van der Waals surface area (Å²) in [7, 11) is 0. The molecule has 3 rings (SSSR count). The highest BCUT2D eigenvalue weighted by molar-refractivity contribution is 5.94. The minimum absolute atomic E-state index is 0.0112. The molecule has 1 amide bonds. The van der Waals surface area contributed by atoms with Crippen LogP contribution in [-0.4, -0.2) is 40.5 Å². The van der Waals surface area contributed by atoms with Gasteiger partial charge in [0.1, 0.15) is 5.56 Å². The second-order valence-electron chi connectivity index (χ2n) is 6.28. The van der Waals surface area contributed by atoms with E-state index in [1.54, 1.807) is 0 Å². The van der Waals surface area contributed by atoms with Gasteiger partial charge in [0.15, 0.2) is 5.82 Å². The van der Waals surface area contributed by atoms with Gasteiger partial charge in [-0.1, -0.05) is 0 Å². The van der Waals surface area contributed by atoms with Gasteiger partial charge in [0, 0.05) is 31.4 Å². The molecule has 2 aromatic heterocycles. The number of alkyl halides is 3. The van der Waals surface area contributed by atoms with E-state index < -0.39 is 29.3 Å². The Morgan fingerprint density at radius 1 is 1.30 bits per heavy atom. The Hall–Kier alpha value is -2.71. The molecule has 1 atom stereocenters. The SMILES string of the molecule is O=C(c1ccncc1F)N1CCCC(COc2ncccc2C(F)(F)F)C1. The molecule has 1 saturated heterocycles. The molecule has 1 aliphatic rings. The van der Waals surface area contributed by atoms with Crippen molar-refractivity contribution in [1.82, 2.24) is 14.9 Å². The number of rotatable bonds is 4. The predicted octanol–water partition coefficient (Wildman–Crippen LogP) is 3.57. The number of pyridine rings is 2. The van der Waals surface area contributed by atoms with Gasteiger partial charge < -0.3 is 9.64 Å². The quantitative estimate of drug-likeness (QED) is 0.758. The van der Waals surface area contributed by atoms with Crippen LogP contribution in [0.15, 0.2) is 36.8 Å². The molecule has 1 fully saturated rings. The number of piperidine rings is 1. The first-order valence-electron chi connectivity index (χ1n) is 8.40. The molecule has 1 unspecified atom stereocenters. The summed E-state index contributed by atoms with van der Waals surface area (Å²) >= 11 is 0. The number of halogens is 4. The lowest BCUT2D eigenvalue weighted by Crippen LogP contribution is -2.42. The lowest BCUT2D eigenvalue weighted by molar-refractivity contribution is -0.139. The monoisotopic (exact) mass is 383 g/mol. The maximum atomic E-state index is 13.8. The van der Waals surface area contributed by atoms with Crippen molar-refractivity contribution in [1.29, 1.82) is 0 Å². The molecule has 0 aromatic carbocycles. The zero-order valence-corrected chi connectivity index (χ0v) is 14.2. The molecule has 2 aromatic rings. The molecule has 0 saturated carbocycles. The van der Waals surface area contributed by atoms with Crippen molar-refractivity contribution in [3.8, 4) is 5.88 Å². The summed E-state index contributed by atoms with van der Waals surface area (Å²) in [4.78, 5) is 21.2. The molecule has 0 radical (unpaired) electrons. The van der Waals surface area contributed by atoms with Crippen molar-refractivity contribution < 1.29 is 27.1 Å². The third-order valence-corrected chi connectivity index (χ3v) is 4.34. The van der Waals surface area contributed by atoms with Gasteiger partial charge in [0.2, 0.25) is 5.88 Å². The Morgan fingerprint density at radius 3 is 2.85 bits per heavy atom.